The summed E-state index contributed by atoms with van der Waals surface area (Å²) in [5.74, 6) is 0.979. The van der Waals surface area contributed by atoms with Crippen molar-refractivity contribution < 1.29 is 0 Å². The van der Waals surface area contributed by atoms with Gasteiger partial charge in [-0.2, -0.15) is 0 Å². The Morgan fingerprint density at radius 3 is 2.89 bits per heavy atom. The van der Waals surface area contributed by atoms with Crippen molar-refractivity contribution >= 4 is 0 Å². The molecule has 4 heteroatoms. The SMILES string of the molecule is CCCn1ccnc1C(N)CCc1ccccn1. The van der Waals surface area contributed by atoms with Gasteiger partial charge in [0, 0.05) is 30.8 Å². The number of nitrogens with zero attached hydrogens (tertiary/aromatic N) is 3. The highest BCUT2D eigenvalue weighted by Crippen LogP contribution is 2.15. The number of hydrogen-bond acceptors (Lipinski definition) is 3. The Bertz CT molecular complexity index is 464. The van der Waals surface area contributed by atoms with E-state index in [1.807, 2.05) is 36.8 Å². The minimum atomic E-state index is -0.0199. The monoisotopic (exact) mass is 244 g/mol. The molecular weight excluding hydrogens is 224 g/mol. The lowest BCUT2D eigenvalue weighted by atomic mass is 10.1. The summed E-state index contributed by atoms with van der Waals surface area (Å²) >= 11 is 0. The molecule has 2 aromatic rings. The molecule has 0 bridgehead atoms. The minimum absolute atomic E-state index is 0.0199. The maximum atomic E-state index is 6.21. The van der Waals surface area contributed by atoms with Crippen LogP contribution in [-0.4, -0.2) is 14.5 Å². The third-order valence-electron chi connectivity index (χ3n) is 2.98. The minimum Gasteiger partial charge on any atom is -0.334 e. The van der Waals surface area contributed by atoms with Crippen LogP contribution in [0.25, 0.3) is 0 Å². The van der Waals surface area contributed by atoms with E-state index in [0.29, 0.717) is 0 Å². The summed E-state index contributed by atoms with van der Waals surface area (Å²) in [6, 6.07) is 5.95. The largest absolute Gasteiger partial charge is 0.334 e. The maximum Gasteiger partial charge on any atom is 0.125 e. The molecule has 0 saturated heterocycles. The van der Waals surface area contributed by atoms with Crippen LogP contribution in [-0.2, 0) is 13.0 Å². The van der Waals surface area contributed by atoms with Crippen LogP contribution in [0.2, 0.25) is 0 Å². The van der Waals surface area contributed by atoms with Crippen molar-refractivity contribution in [2.75, 3.05) is 0 Å². The molecule has 1 atom stereocenters. The highest BCUT2D eigenvalue weighted by atomic mass is 15.1. The van der Waals surface area contributed by atoms with E-state index in [-0.39, 0.29) is 6.04 Å². The van der Waals surface area contributed by atoms with Gasteiger partial charge in [0.1, 0.15) is 5.82 Å². The van der Waals surface area contributed by atoms with E-state index >= 15 is 0 Å². The Hall–Kier alpha value is -1.68. The lowest BCUT2D eigenvalue weighted by molar-refractivity contribution is 0.547. The number of aromatic nitrogens is 3. The molecule has 1 unspecified atom stereocenters. The third-order valence-corrected chi connectivity index (χ3v) is 2.98. The Kier molecular flexibility index (Phi) is 4.47. The van der Waals surface area contributed by atoms with E-state index < -0.39 is 0 Å². The fraction of sp³-hybridized carbons (Fsp3) is 0.429. The van der Waals surface area contributed by atoms with Crippen LogP contribution in [0.15, 0.2) is 36.8 Å². The summed E-state index contributed by atoms with van der Waals surface area (Å²) < 4.78 is 2.14. The Balaban J connectivity index is 1.95. The molecule has 0 amide bonds. The van der Waals surface area contributed by atoms with Crippen LogP contribution in [0.5, 0.6) is 0 Å². The van der Waals surface area contributed by atoms with Crippen LogP contribution in [0.1, 0.15) is 37.3 Å². The fourth-order valence-corrected chi connectivity index (χ4v) is 2.06. The van der Waals surface area contributed by atoms with Gasteiger partial charge in [-0.25, -0.2) is 4.98 Å². The average molecular weight is 244 g/mol. The fourth-order valence-electron chi connectivity index (χ4n) is 2.06. The van der Waals surface area contributed by atoms with Crippen molar-refractivity contribution in [3.05, 3.63) is 48.3 Å². The molecule has 0 radical (unpaired) electrons. The molecule has 0 aliphatic rings. The molecule has 0 aromatic carbocycles. The first-order valence-electron chi connectivity index (χ1n) is 6.47. The molecule has 0 spiro atoms. The highest BCUT2D eigenvalue weighted by molar-refractivity contribution is 5.05. The van der Waals surface area contributed by atoms with Gasteiger partial charge in [-0.1, -0.05) is 13.0 Å². The second-order valence-corrected chi connectivity index (χ2v) is 4.45. The van der Waals surface area contributed by atoms with Crippen molar-refractivity contribution in [3.8, 4) is 0 Å². The summed E-state index contributed by atoms with van der Waals surface area (Å²) in [6.45, 7) is 3.13. The first kappa shape index (κ1) is 12.8. The average Bonchev–Trinajstić information content (AvgIpc) is 2.86. The summed E-state index contributed by atoms with van der Waals surface area (Å²) in [6.07, 6.45) is 8.50. The van der Waals surface area contributed by atoms with Gasteiger partial charge < -0.3 is 10.3 Å². The second kappa shape index (κ2) is 6.31. The number of pyridine rings is 1. The number of imidazole rings is 1. The van der Waals surface area contributed by atoms with Gasteiger partial charge in [0.15, 0.2) is 0 Å². The smallest absolute Gasteiger partial charge is 0.125 e. The molecule has 2 N–H and O–H groups in total. The first-order chi connectivity index (χ1) is 8.81. The molecule has 4 nitrogen and oxygen atoms in total. The van der Waals surface area contributed by atoms with Crippen LogP contribution in [0.4, 0.5) is 0 Å². The number of hydrogen-bond donors (Lipinski definition) is 1. The molecular formula is C14H20N4. The molecule has 2 aromatic heterocycles. The first-order valence-corrected chi connectivity index (χ1v) is 6.47. The second-order valence-electron chi connectivity index (χ2n) is 4.45. The summed E-state index contributed by atoms with van der Waals surface area (Å²) in [5.41, 5.74) is 7.29. The third kappa shape index (κ3) is 3.17. The van der Waals surface area contributed by atoms with E-state index in [1.165, 1.54) is 0 Å². The Morgan fingerprint density at radius 1 is 1.28 bits per heavy atom. The van der Waals surface area contributed by atoms with Gasteiger partial charge >= 0.3 is 0 Å². The highest BCUT2D eigenvalue weighted by Gasteiger charge is 2.12. The van der Waals surface area contributed by atoms with Gasteiger partial charge in [0.2, 0.25) is 0 Å². The lowest BCUT2D eigenvalue weighted by Crippen LogP contribution is -2.17. The molecule has 2 rings (SSSR count). The van der Waals surface area contributed by atoms with Crippen LogP contribution in [0, 0.1) is 0 Å². The molecule has 0 saturated carbocycles. The van der Waals surface area contributed by atoms with Gasteiger partial charge in [-0.3, -0.25) is 4.98 Å². The van der Waals surface area contributed by atoms with E-state index in [0.717, 1.165) is 37.3 Å². The van der Waals surface area contributed by atoms with Gasteiger partial charge in [0.05, 0.1) is 6.04 Å². The molecule has 0 aliphatic heterocycles. The zero-order chi connectivity index (χ0) is 12.8. The lowest BCUT2D eigenvalue weighted by Gasteiger charge is -2.13. The predicted molar refractivity (Wildman–Crippen MR) is 72.0 cm³/mol. The summed E-state index contributed by atoms with van der Waals surface area (Å²) in [4.78, 5) is 8.67. The Labute approximate surface area is 108 Å². The van der Waals surface area contributed by atoms with Crippen molar-refractivity contribution in [1.82, 2.24) is 14.5 Å². The number of nitrogens with two attached hydrogens (primary N) is 1. The Morgan fingerprint density at radius 2 is 2.17 bits per heavy atom. The van der Waals surface area contributed by atoms with Crippen molar-refractivity contribution in [2.24, 2.45) is 5.73 Å². The van der Waals surface area contributed by atoms with Crippen LogP contribution < -0.4 is 5.73 Å². The molecule has 96 valence electrons. The van der Waals surface area contributed by atoms with Crippen molar-refractivity contribution in [3.63, 3.8) is 0 Å². The van der Waals surface area contributed by atoms with E-state index in [4.69, 9.17) is 5.73 Å². The van der Waals surface area contributed by atoms with Crippen LogP contribution >= 0.6 is 0 Å². The van der Waals surface area contributed by atoms with E-state index in [9.17, 15) is 0 Å². The molecule has 0 fully saturated rings. The van der Waals surface area contributed by atoms with E-state index in [2.05, 4.69) is 21.5 Å². The van der Waals surface area contributed by atoms with Crippen molar-refractivity contribution in [2.45, 2.75) is 38.8 Å². The van der Waals surface area contributed by atoms with Gasteiger partial charge in [0.25, 0.3) is 0 Å². The van der Waals surface area contributed by atoms with Gasteiger partial charge in [-0.15, -0.1) is 0 Å². The molecule has 18 heavy (non-hydrogen) atoms. The summed E-state index contributed by atoms with van der Waals surface area (Å²) in [5, 5.41) is 0. The number of aryl methyl sites for hydroxylation is 2. The van der Waals surface area contributed by atoms with Gasteiger partial charge in [-0.05, 0) is 31.4 Å². The van der Waals surface area contributed by atoms with Crippen LogP contribution in [0.3, 0.4) is 0 Å². The van der Waals surface area contributed by atoms with E-state index in [1.54, 1.807) is 0 Å². The molecule has 0 aliphatic carbocycles. The maximum absolute atomic E-state index is 6.21. The zero-order valence-electron chi connectivity index (χ0n) is 10.8. The summed E-state index contributed by atoms with van der Waals surface area (Å²) in [7, 11) is 0. The standard InChI is InChI=1S/C14H20N4/c1-2-10-18-11-9-17-14(18)13(15)7-6-12-5-3-4-8-16-12/h3-5,8-9,11,13H,2,6-7,10,15H2,1H3. The molecule has 2 heterocycles. The zero-order valence-corrected chi connectivity index (χ0v) is 10.8. The normalized spacial score (nSPS) is 12.6. The quantitative estimate of drug-likeness (QED) is 0.848. The van der Waals surface area contributed by atoms with Crippen molar-refractivity contribution in [1.29, 1.82) is 0 Å². The number of rotatable bonds is 6. The predicted octanol–water partition coefficient (Wildman–Crippen LogP) is 2.32. The topological polar surface area (TPSA) is 56.7 Å².